The zero-order chi connectivity index (χ0) is 9.28. The van der Waals surface area contributed by atoms with E-state index in [0.29, 0.717) is 0 Å². The third-order valence-electron chi connectivity index (χ3n) is 0.553. The summed E-state index contributed by atoms with van der Waals surface area (Å²) in [5.74, 6) is -2.15. The first kappa shape index (κ1) is 17.6. The SMILES string of the molecule is C=C[CH2-].O=C(O)CCC(=O)O.[Na+]. The van der Waals surface area contributed by atoms with E-state index in [4.69, 9.17) is 10.2 Å². The maximum absolute atomic E-state index is 9.64. The number of hydrogen-bond acceptors (Lipinski definition) is 2. The summed E-state index contributed by atoms with van der Waals surface area (Å²) in [6, 6.07) is 0. The smallest absolute Gasteiger partial charge is 0.481 e. The van der Waals surface area contributed by atoms with E-state index in [9.17, 15) is 9.59 Å². The summed E-state index contributed by atoms with van der Waals surface area (Å²) in [5.41, 5.74) is 0. The van der Waals surface area contributed by atoms with Crippen molar-refractivity contribution in [3.63, 3.8) is 0 Å². The van der Waals surface area contributed by atoms with Gasteiger partial charge in [-0.1, -0.05) is 0 Å². The molecule has 0 radical (unpaired) electrons. The first-order valence-electron chi connectivity index (χ1n) is 2.88. The molecular formula is C7H11NaO4. The van der Waals surface area contributed by atoms with Gasteiger partial charge in [0.2, 0.25) is 0 Å². The fourth-order valence-electron chi connectivity index (χ4n) is 0.214. The Kier molecular flexibility index (Phi) is 19.3. The second-order valence-electron chi connectivity index (χ2n) is 1.58. The summed E-state index contributed by atoms with van der Waals surface area (Å²) in [6.45, 7) is 6.50. The molecule has 0 saturated heterocycles. The molecule has 0 spiro atoms. The molecule has 0 saturated carbocycles. The Morgan fingerprint density at radius 3 is 1.50 bits per heavy atom. The van der Waals surface area contributed by atoms with Gasteiger partial charge >= 0.3 is 41.5 Å². The fraction of sp³-hybridized carbons (Fsp3) is 0.286. The first-order chi connectivity index (χ1) is 5.04. The van der Waals surface area contributed by atoms with Crippen LogP contribution in [0.15, 0.2) is 12.7 Å². The molecule has 0 aliphatic rings. The van der Waals surface area contributed by atoms with E-state index in [1.54, 1.807) is 0 Å². The van der Waals surface area contributed by atoms with Gasteiger partial charge in [-0.05, 0) is 0 Å². The predicted octanol–water partition coefficient (Wildman–Crippen LogP) is -2.05. The van der Waals surface area contributed by atoms with Crippen LogP contribution in [0.3, 0.4) is 0 Å². The molecule has 0 fully saturated rings. The Bertz CT molecular complexity index is 130. The second-order valence-corrected chi connectivity index (χ2v) is 1.58. The van der Waals surface area contributed by atoms with Crippen molar-refractivity contribution in [1.82, 2.24) is 0 Å². The molecule has 2 N–H and O–H groups in total. The summed E-state index contributed by atoms with van der Waals surface area (Å²) in [7, 11) is 0. The van der Waals surface area contributed by atoms with Crippen LogP contribution in [0.2, 0.25) is 0 Å². The van der Waals surface area contributed by atoms with Gasteiger partial charge in [0.1, 0.15) is 0 Å². The zero-order valence-corrected chi connectivity index (χ0v) is 9.12. The number of carboxylic acids is 2. The number of hydrogen-bond donors (Lipinski definition) is 2. The molecule has 4 nitrogen and oxygen atoms in total. The van der Waals surface area contributed by atoms with Gasteiger partial charge < -0.3 is 10.2 Å². The summed E-state index contributed by atoms with van der Waals surface area (Å²) in [5, 5.41) is 15.8. The summed E-state index contributed by atoms with van der Waals surface area (Å²) >= 11 is 0. The number of carboxylic acid groups (broad SMARTS) is 2. The van der Waals surface area contributed by atoms with E-state index in [1.807, 2.05) is 0 Å². The van der Waals surface area contributed by atoms with Crippen LogP contribution in [-0.2, 0) is 9.59 Å². The Balaban J connectivity index is -0.000000177. The van der Waals surface area contributed by atoms with Crippen molar-refractivity contribution in [2.75, 3.05) is 0 Å². The number of aliphatic carboxylic acids is 2. The van der Waals surface area contributed by atoms with Gasteiger partial charge in [0.15, 0.2) is 0 Å². The minimum Gasteiger partial charge on any atom is -0.481 e. The average molecular weight is 182 g/mol. The van der Waals surface area contributed by atoms with Crippen LogP contribution in [0.1, 0.15) is 12.8 Å². The third kappa shape index (κ3) is 33.7. The molecular weight excluding hydrogens is 171 g/mol. The summed E-state index contributed by atoms with van der Waals surface area (Å²) in [4.78, 5) is 19.3. The first-order valence-corrected chi connectivity index (χ1v) is 2.88. The van der Waals surface area contributed by atoms with Gasteiger partial charge in [-0.15, -0.1) is 0 Å². The van der Waals surface area contributed by atoms with Crippen LogP contribution >= 0.6 is 0 Å². The van der Waals surface area contributed by atoms with Crippen LogP contribution in [0, 0.1) is 6.92 Å². The van der Waals surface area contributed by atoms with Crippen LogP contribution in [0.5, 0.6) is 0 Å². The molecule has 0 amide bonds. The van der Waals surface area contributed by atoms with E-state index in [0.717, 1.165) is 0 Å². The maximum Gasteiger partial charge on any atom is 1.00 e. The Morgan fingerprint density at radius 1 is 1.25 bits per heavy atom. The van der Waals surface area contributed by atoms with Crippen molar-refractivity contribution in [1.29, 1.82) is 0 Å². The second kappa shape index (κ2) is 13.2. The monoisotopic (exact) mass is 182 g/mol. The van der Waals surface area contributed by atoms with Gasteiger partial charge in [-0.2, -0.15) is 0 Å². The third-order valence-corrected chi connectivity index (χ3v) is 0.553. The van der Waals surface area contributed by atoms with E-state index in [1.165, 1.54) is 6.08 Å². The minimum atomic E-state index is -1.08. The van der Waals surface area contributed by atoms with E-state index in [-0.39, 0.29) is 42.4 Å². The molecule has 0 unspecified atom stereocenters. The predicted molar refractivity (Wildman–Crippen MR) is 40.1 cm³/mol. The number of carbonyl (C=O) groups is 2. The zero-order valence-electron chi connectivity index (χ0n) is 7.12. The van der Waals surface area contributed by atoms with E-state index >= 15 is 0 Å². The molecule has 0 aliphatic carbocycles. The fourth-order valence-corrected chi connectivity index (χ4v) is 0.214. The molecule has 64 valence electrons. The van der Waals surface area contributed by atoms with Crippen molar-refractivity contribution >= 4 is 11.9 Å². The van der Waals surface area contributed by atoms with Crippen molar-refractivity contribution in [2.45, 2.75) is 12.8 Å². The van der Waals surface area contributed by atoms with Crippen molar-refractivity contribution in [2.24, 2.45) is 0 Å². The standard InChI is InChI=1S/C4H6O4.C3H5.Na/c5-3(6)1-2-4(7)8;1-3-2;/h1-2H2,(H,5,6)(H,7,8);3H,1-2H2;/q;-1;+1. The van der Waals surface area contributed by atoms with E-state index in [2.05, 4.69) is 13.5 Å². The molecule has 0 aromatic rings. The van der Waals surface area contributed by atoms with Crippen molar-refractivity contribution in [3.05, 3.63) is 19.6 Å². The maximum atomic E-state index is 9.64. The van der Waals surface area contributed by atoms with E-state index < -0.39 is 11.9 Å². The number of rotatable bonds is 3. The molecule has 5 heteroatoms. The Labute approximate surface area is 93.6 Å². The Hall–Kier alpha value is -0.450. The number of allylic oxidation sites excluding steroid dienone is 1. The summed E-state index contributed by atoms with van der Waals surface area (Å²) < 4.78 is 0. The molecule has 0 atom stereocenters. The molecule has 0 heterocycles. The normalized spacial score (nSPS) is 6.67. The van der Waals surface area contributed by atoms with Gasteiger partial charge in [-0.3, -0.25) is 9.59 Å². The molecule has 0 bridgehead atoms. The molecule has 0 aliphatic heterocycles. The molecule has 0 aromatic carbocycles. The minimum absolute atomic E-state index is 0. The summed E-state index contributed by atoms with van der Waals surface area (Å²) in [6.07, 6.45) is 0.907. The molecule has 0 aromatic heterocycles. The quantitative estimate of drug-likeness (QED) is 0.389. The van der Waals surface area contributed by atoms with Crippen molar-refractivity contribution in [3.8, 4) is 0 Å². The average Bonchev–Trinajstić information content (AvgIpc) is 1.85. The molecule has 0 rings (SSSR count). The largest absolute Gasteiger partial charge is 1.00 e. The van der Waals surface area contributed by atoms with Gasteiger partial charge in [0.25, 0.3) is 0 Å². The van der Waals surface area contributed by atoms with Gasteiger partial charge in [0.05, 0.1) is 12.8 Å². The van der Waals surface area contributed by atoms with Crippen LogP contribution in [0.25, 0.3) is 0 Å². The van der Waals surface area contributed by atoms with Crippen molar-refractivity contribution < 1.29 is 49.4 Å². The van der Waals surface area contributed by atoms with Gasteiger partial charge in [-0.25, -0.2) is 19.6 Å². The van der Waals surface area contributed by atoms with Crippen LogP contribution in [-0.4, -0.2) is 22.2 Å². The van der Waals surface area contributed by atoms with Crippen LogP contribution in [0.4, 0.5) is 0 Å². The Morgan fingerprint density at radius 2 is 1.42 bits per heavy atom. The molecule has 12 heavy (non-hydrogen) atoms. The topological polar surface area (TPSA) is 74.6 Å². The van der Waals surface area contributed by atoms with Gasteiger partial charge in [0, 0.05) is 0 Å². The van der Waals surface area contributed by atoms with Crippen LogP contribution < -0.4 is 29.6 Å².